The lowest BCUT2D eigenvalue weighted by atomic mass is 9.77. The van der Waals surface area contributed by atoms with E-state index >= 15 is 0 Å². The molecule has 0 spiro atoms. The Hall–Kier alpha value is -0.570. The number of nitrogens with zero attached hydrogens (tertiary/aromatic N) is 1. The highest BCUT2D eigenvalue weighted by atomic mass is 16.4. The molecule has 0 aliphatic carbocycles. The summed E-state index contributed by atoms with van der Waals surface area (Å²) in [5, 5.41) is 8.81. The van der Waals surface area contributed by atoms with Crippen LogP contribution in [0.15, 0.2) is 0 Å². The summed E-state index contributed by atoms with van der Waals surface area (Å²) in [5.41, 5.74) is 0.0404. The predicted octanol–water partition coefficient (Wildman–Crippen LogP) is 1.73. The van der Waals surface area contributed by atoms with Gasteiger partial charge in [0.15, 0.2) is 0 Å². The van der Waals surface area contributed by atoms with Gasteiger partial charge in [0.2, 0.25) is 0 Å². The van der Waals surface area contributed by atoms with E-state index in [0.29, 0.717) is 6.42 Å². The molecular weight excluding hydrogens is 178 g/mol. The van der Waals surface area contributed by atoms with E-state index in [9.17, 15) is 4.79 Å². The van der Waals surface area contributed by atoms with Crippen LogP contribution in [0.2, 0.25) is 0 Å². The van der Waals surface area contributed by atoms with Crippen molar-refractivity contribution in [3.63, 3.8) is 0 Å². The summed E-state index contributed by atoms with van der Waals surface area (Å²) in [7, 11) is 2.26. The minimum absolute atomic E-state index is 0.0404. The normalized spacial score (nSPS) is 38.2. The summed E-state index contributed by atoms with van der Waals surface area (Å²) < 4.78 is 1.11. The van der Waals surface area contributed by atoms with Gasteiger partial charge in [0.1, 0.15) is 0 Å². The van der Waals surface area contributed by atoms with Crippen molar-refractivity contribution in [1.29, 1.82) is 0 Å². The second-order valence-corrected chi connectivity index (χ2v) is 5.26. The van der Waals surface area contributed by atoms with E-state index in [-0.39, 0.29) is 5.41 Å². The lowest BCUT2D eigenvalue weighted by Crippen LogP contribution is -2.52. The first kappa shape index (κ1) is 11.5. The van der Waals surface area contributed by atoms with Gasteiger partial charge in [-0.2, -0.15) is 0 Å². The molecule has 82 valence electrons. The molecule has 0 aromatic rings. The molecule has 1 rings (SSSR count). The zero-order valence-electron chi connectivity index (χ0n) is 9.55. The third kappa shape index (κ3) is 2.71. The Morgan fingerprint density at radius 2 is 1.93 bits per heavy atom. The van der Waals surface area contributed by atoms with E-state index in [1.54, 1.807) is 0 Å². The molecule has 14 heavy (non-hydrogen) atoms. The van der Waals surface area contributed by atoms with Gasteiger partial charge in [0.25, 0.3) is 0 Å². The molecule has 1 saturated heterocycles. The van der Waals surface area contributed by atoms with E-state index in [2.05, 4.69) is 20.9 Å². The number of quaternary nitrogens is 1. The average molecular weight is 200 g/mol. The number of aliphatic carboxylic acids is 1. The van der Waals surface area contributed by atoms with Gasteiger partial charge in [-0.3, -0.25) is 4.79 Å². The number of carboxylic acids is 1. The quantitative estimate of drug-likeness (QED) is 0.704. The van der Waals surface area contributed by atoms with Crippen molar-refractivity contribution >= 4 is 5.97 Å². The maximum atomic E-state index is 10.7. The first-order valence-corrected chi connectivity index (χ1v) is 5.44. The Morgan fingerprint density at radius 1 is 1.43 bits per heavy atom. The molecule has 1 heterocycles. The number of rotatable bonds is 3. The molecular formula is C11H22NO2+. The summed E-state index contributed by atoms with van der Waals surface area (Å²) in [5.74, 6) is -0.653. The van der Waals surface area contributed by atoms with E-state index in [4.69, 9.17) is 5.11 Å². The fourth-order valence-corrected chi connectivity index (χ4v) is 2.17. The van der Waals surface area contributed by atoms with E-state index < -0.39 is 5.97 Å². The Kier molecular flexibility index (Phi) is 3.20. The fraction of sp³-hybridized carbons (Fsp3) is 0.909. The van der Waals surface area contributed by atoms with Crippen LogP contribution in [-0.4, -0.2) is 42.2 Å². The Balaban J connectivity index is 2.52. The standard InChI is InChI=1S/C11H21NO2/c1-4-12(3)7-5-11(2,6-8-12)9-10(13)14/h4-9H2,1-3H3/p+1. The summed E-state index contributed by atoms with van der Waals surface area (Å²) in [6.07, 6.45) is 2.42. The molecule has 3 heteroatoms. The minimum atomic E-state index is -0.653. The minimum Gasteiger partial charge on any atom is -0.481 e. The molecule has 1 fully saturated rings. The number of hydrogen-bond donors (Lipinski definition) is 1. The van der Waals surface area contributed by atoms with Crippen LogP contribution in [-0.2, 0) is 4.79 Å². The first-order chi connectivity index (χ1) is 6.39. The molecule has 1 N–H and O–H groups in total. The second kappa shape index (κ2) is 3.89. The van der Waals surface area contributed by atoms with Crippen LogP contribution in [0.1, 0.15) is 33.1 Å². The highest BCUT2D eigenvalue weighted by Crippen LogP contribution is 2.36. The Labute approximate surface area is 86.3 Å². The van der Waals surface area contributed by atoms with Crippen molar-refractivity contribution in [2.45, 2.75) is 33.1 Å². The van der Waals surface area contributed by atoms with Gasteiger partial charge < -0.3 is 9.59 Å². The van der Waals surface area contributed by atoms with Gasteiger partial charge >= 0.3 is 5.97 Å². The monoisotopic (exact) mass is 200 g/mol. The topological polar surface area (TPSA) is 37.3 Å². The Bertz CT molecular complexity index is 217. The molecule has 0 saturated carbocycles. The van der Waals surface area contributed by atoms with Crippen LogP contribution in [0.4, 0.5) is 0 Å². The van der Waals surface area contributed by atoms with E-state index in [1.807, 2.05) is 0 Å². The highest BCUT2D eigenvalue weighted by molar-refractivity contribution is 5.67. The molecule has 0 unspecified atom stereocenters. The van der Waals surface area contributed by atoms with Crippen molar-refractivity contribution in [3.8, 4) is 0 Å². The van der Waals surface area contributed by atoms with Crippen LogP contribution in [0, 0.1) is 5.41 Å². The number of piperidine rings is 1. The smallest absolute Gasteiger partial charge is 0.303 e. The molecule has 0 atom stereocenters. The largest absolute Gasteiger partial charge is 0.481 e. The van der Waals surface area contributed by atoms with Gasteiger partial charge in [-0.15, -0.1) is 0 Å². The molecule has 0 bridgehead atoms. The lowest BCUT2D eigenvalue weighted by molar-refractivity contribution is -0.914. The van der Waals surface area contributed by atoms with Gasteiger partial charge in [-0.1, -0.05) is 6.92 Å². The molecule has 0 aromatic carbocycles. The molecule has 0 radical (unpaired) electrons. The van der Waals surface area contributed by atoms with Crippen LogP contribution < -0.4 is 0 Å². The molecule has 0 amide bonds. The van der Waals surface area contributed by atoms with Gasteiger partial charge in [0, 0.05) is 12.8 Å². The molecule has 1 aliphatic heterocycles. The lowest BCUT2D eigenvalue weighted by Gasteiger charge is -2.44. The van der Waals surface area contributed by atoms with Crippen LogP contribution in [0.5, 0.6) is 0 Å². The van der Waals surface area contributed by atoms with Crippen LogP contribution >= 0.6 is 0 Å². The van der Waals surface area contributed by atoms with Crippen LogP contribution in [0.25, 0.3) is 0 Å². The van der Waals surface area contributed by atoms with Crippen molar-refractivity contribution in [2.24, 2.45) is 5.41 Å². The SMILES string of the molecule is CC[N+]1(C)CCC(C)(CC(=O)O)CC1. The Morgan fingerprint density at radius 3 is 2.29 bits per heavy atom. The maximum Gasteiger partial charge on any atom is 0.303 e. The summed E-state index contributed by atoms with van der Waals surface area (Å²) in [4.78, 5) is 10.7. The average Bonchev–Trinajstić information content (AvgIpc) is 2.10. The zero-order chi connectivity index (χ0) is 10.8. The number of likely N-dealkylation sites (tertiary alicyclic amines) is 1. The number of hydrogen-bond acceptors (Lipinski definition) is 1. The van der Waals surface area contributed by atoms with Gasteiger partial charge in [-0.05, 0) is 12.3 Å². The molecule has 3 nitrogen and oxygen atoms in total. The third-order valence-electron chi connectivity index (χ3n) is 3.85. The molecule has 0 aromatic heterocycles. The highest BCUT2D eigenvalue weighted by Gasteiger charge is 2.37. The summed E-state index contributed by atoms with van der Waals surface area (Å²) in [6.45, 7) is 7.73. The van der Waals surface area contributed by atoms with Crippen molar-refractivity contribution in [1.82, 2.24) is 0 Å². The van der Waals surface area contributed by atoms with Crippen molar-refractivity contribution in [3.05, 3.63) is 0 Å². The van der Waals surface area contributed by atoms with Crippen molar-refractivity contribution in [2.75, 3.05) is 26.7 Å². The summed E-state index contributed by atoms with van der Waals surface area (Å²) >= 11 is 0. The predicted molar refractivity (Wildman–Crippen MR) is 56.1 cm³/mol. The van der Waals surface area contributed by atoms with E-state index in [0.717, 1.165) is 37.0 Å². The summed E-state index contributed by atoms with van der Waals surface area (Å²) in [6, 6.07) is 0. The van der Waals surface area contributed by atoms with Crippen LogP contribution in [0.3, 0.4) is 0 Å². The van der Waals surface area contributed by atoms with Crippen molar-refractivity contribution < 1.29 is 14.4 Å². The maximum absolute atomic E-state index is 10.7. The zero-order valence-corrected chi connectivity index (χ0v) is 9.55. The second-order valence-electron chi connectivity index (χ2n) is 5.26. The fourth-order valence-electron chi connectivity index (χ4n) is 2.17. The van der Waals surface area contributed by atoms with Gasteiger partial charge in [-0.25, -0.2) is 0 Å². The third-order valence-corrected chi connectivity index (χ3v) is 3.85. The molecule has 1 aliphatic rings. The number of carbonyl (C=O) groups is 1. The van der Waals surface area contributed by atoms with Gasteiger partial charge in [0.05, 0.1) is 33.1 Å². The first-order valence-electron chi connectivity index (χ1n) is 5.44. The van der Waals surface area contributed by atoms with E-state index in [1.165, 1.54) is 0 Å². The number of carboxylic acid groups (broad SMARTS) is 1.